The third-order valence-corrected chi connectivity index (χ3v) is 5.55. The number of hydrogen-bond acceptors (Lipinski definition) is 4. The Bertz CT molecular complexity index is 802. The van der Waals surface area contributed by atoms with Gasteiger partial charge in [0, 0.05) is 39.8 Å². The molecule has 1 heterocycles. The van der Waals surface area contributed by atoms with E-state index in [1.54, 1.807) is 7.05 Å². The molecule has 0 bridgehead atoms. The molecule has 2 N–H and O–H groups in total. The van der Waals surface area contributed by atoms with Crippen LogP contribution in [-0.4, -0.2) is 63.9 Å². The summed E-state index contributed by atoms with van der Waals surface area (Å²) in [6, 6.07) is 17.1. The quantitative estimate of drug-likeness (QED) is 0.185. The second-order valence-corrected chi connectivity index (χ2v) is 7.84. The number of halogens is 2. The van der Waals surface area contributed by atoms with E-state index >= 15 is 0 Å². The minimum Gasteiger partial charge on any atom is -0.379 e. The first-order chi connectivity index (χ1) is 15.8. The fourth-order valence-corrected chi connectivity index (χ4v) is 3.75. The maximum atomic E-state index is 13.4. The summed E-state index contributed by atoms with van der Waals surface area (Å²) in [5, 5.41) is 6.81. The summed E-state index contributed by atoms with van der Waals surface area (Å²) in [5.41, 5.74) is 2.29. The number of nitrogens with one attached hydrogen (secondary N) is 2. The molecule has 2 aromatic rings. The first-order valence-corrected chi connectivity index (χ1v) is 11.4. The van der Waals surface area contributed by atoms with Crippen LogP contribution in [0.2, 0.25) is 0 Å². The number of ether oxygens (including phenoxy) is 2. The molecule has 33 heavy (non-hydrogen) atoms. The van der Waals surface area contributed by atoms with Gasteiger partial charge in [-0.3, -0.25) is 9.89 Å². The van der Waals surface area contributed by atoms with Crippen LogP contribution < -0.4 is 10.6 Å². The Balaban J connectivity index is 0.00000385. The van der Waals surface area contributed by atoms with E-state index in [1.807, 2.05) is 30.3 Å². The molecule has 1 fully saturated rings. The van der Waals surface area contributed by atoms with Gasteiger partial charge in [0.15, 0.2) is 5.96 Å². The van der Waals surface area contributed by atoms with Crippen molar-refractivity contribution in [1.82, 2.24) is 15.5 Å². The van der Waals surface area contributed by atoms with Gasteiger partial charge in [-0.2, -0.15) is 0 Å². The summed E-state index contributed by atoms with van der Waals surface area (Å²) in [5.74, 6) is 0.559. The lowest BCUT2D eigenvalue weighted by atomic mass is 10.0. The molecular weight excluding hydrogens is 534 g/mol. The molecule has 1 atom stereocenters. The van der Waals surface area contributed by atoms with Gasteiger partial charge in [0.25, 0.3) is 0 Å². The van der Waals surface area contributed by atoms with Gasteiger partial charge in [0.05, 0.1) is 25.9 Å². The van der Waals surface area contributed by atoms with Crippen LogP contribution in [0, 0.1) is 5.82 Å². The molecule has 0 aliphatic carbocycles. The topological polar surface area (TPSA) is 58.1 Å². The van der Waals surface area contributed by atoms with Crippen molar-refractivity contribution in [2.24, 2.45) is 4.99 Å². The molecule has 0 radical (unpaired) electrons. The number of morpholine rings is 1. The van der Waals surface area contributed by atoms with Crippen LogP contribution in [0.1, 0.15) is 30.0 Å². The zero-order valence-electron chi connectivity index (χ0n) is 19.3. The van der Waals surface area contributed by atoms with Gasteiger partial charge in [-0.15, -0.1) is 24.0 Å². The lowest BCUT2D eigenvalue weighted by Crippen LogP contribution is -2.46. The van der Waals surface area contributed by atoms with Gasteiger partial charge >= 0.3 is 0 Å². The van der Waals surface area contributed by atoms with Crippen molar-refractivity contribution >= 4 is 29.9 Å². The minimum atomic E-state index is -0.215. The molecule has 1 aliphatic heterocycles. The summed E-state index contributed by atoms with van der Waals surface area (Å²) in [6.45, 7) is 6.07. The molecule has 3 rings (SSSR count). The number of nitrogens with zero attached hydrogens (tertiary/aromatic N) is 2. The van der Waals surface area contributed by atoms with Crippen molar-refractivity contribution in [2.45, 2.75) is 25.5 Å². The molecule has 1 unspecified atom stereocenters. The van der Waals surface area contributed by atoms with Crippen molar-refractivity contribution in [1.29, 1.82) is 0 Å². The van der Waals surface area contributed by atoms with Crippen LogP contribution >= 0.6 is 24.0 Å². The van der Waals surface area contributed by atoms with Crippen LogP contribution in [0.15, 0.2) is 59.6 Å². The molecule has 0 saturated carbocycles. The predicted molar refractivity (Wildman–Crippen MR) is 142 cm³/mol. The Morgan fingerprint density at radius 2 is 1.79 bits per heavy atom. The highest BCUT2D eigenvalue weighted by atomic mass is 127. The average Bonchev–Trinajstić information content (AvgIpc) is 2.84. The zero-order valence-corrected chi connectivity index (χ0v) is 21.7. The standard InChI is InChI=1S/C25H35FN4O2.HI/c1-27-25(28-13-5-6-16-32-20-21-7-3-2-4-8-21)29-19-24(30-14-17-31-18-15-30)22-9-11-23(26)12-10-22;/h2-4,7-12,24H,5-6,13-20H2,1H3,(H2,27,28,29);1H. The zero-order chi connectivity index (χ0) is 22.4. The Morgan fingerprint density at radius 1 is 1.06 bits per heavy atom. The van der Waals surface area contributed by atoms with Crippen LogP contribution in [0.25, 0.3) is 0 Å². The monoisotopic (exact) mass is 570 g/mol. The maximum absolute atomic E-state index is 13.4. The number of benzene rings is 2. The van der Waals surface area contributed by atoms with E-state index in [9.17, 15) is 4.39 Å². The number of hydrogen-bond donors (Lipinski definition) is 2. The van der Waals surface area contributed by atoms with Crippen molar-refractivity contribution < 1.29 is 13.9 Å². The van der Waals surface area contributed by atoms with Gasteiger partial charge in [-0.1, -0.05) is 42.5 Å². The SMILES string of the molecule is CN=C(NCCCCOCc1ccccc1)NCC(c1ccc(F)cc1)N1CCOCC1.I. The van der Waals surface area contributed by atoms with E-state index in [4.69, 9.17) is 9.47 Å². The molecule has 0 aromatic heterocycles. The maximum Gasteiger partial charge on any atom is 0.191 e. The number of rotatable bonds is 11. The summed E-state index contributed by atoms with van der Waals surface area (Å²) < 4.78 is 24.7. The Kier molecular flexibility index (Phi) is 13.3. The van der Waals surface area contributed by atoms with Crippen LogP contribution in [0.4, 0.5) is 4.39 Å². The fourth-order valence-electron chi connectivity index (χ4n) is 3.75. The van der Waals surface area contributed by atoms with Crippen LogP contribution in [0.5, 0.6) is 0 Å². The molecule has 182 valence electrons. The van der Waals surface area contributed by atoms with E-state index in [-0.39, 0.29) is 35.8 Å². The highest BCUT2D eigenvalue weighted by Gasteiger charge is 2.23. The minimum absolute atomic E-state index is 0. The Labute approximate surface area is 214 Å². The molecule has 1 saturated heterocycles. The van der Waals surface area contributed by atoms with Gasteiger partial charge in [-0.25, -0.2) is 4.39 Å². The molecule has 0 spiro atoms. The van der Waals surface area contributed by atoms with E-state index in [0.717, 1.165) is 63.8 Å². The predicted octanol–water partition coefficient (Wildman–Crippen LogP) is 3.98. The summed E-state index contributed by atoms with van der Waals surface area (Å²) in [6.07, 6.45) is 1.99. The van der Waals surface area contributed by atoms with Gasteiger partial charge < -0.3 is 20.1 Å². The Morgan fingerprint density at radius 3 is 2.48 bits per heavy atom. The second-order valence-electron chi connectivity index (χ2n) is 7.84. The van der Waals surface area contributed by atoms with E-state index in [2.05, 4.69) is 32.7 Å². The molecule has 1 aliphatic rings. The number of guanidine groups is 1. The highest BCUT2D eigenvalue weighted by Crippen LogP contribution is 2.21. The number of aliphatic imine (C=N–C) groups is 1. The second kappa shape index (κ2) is 16.0. The molecule has 8 heteroatoms. The van der Waals surface area contributed by atoms with Gasteiger partial charge in [0.2, 0.25) is 0 Å². The summed E-state index contributed by atoms with van der Waals surface area (Å²) >= 11 is 0. The first-order valence-electron chi connectivity index (χ1n) is 11.4. The van der Waals surface area contributed by atoms with E-state index in [1.165, 1.54) is 17.7 Å². The van der Waals surface area contributed by atoms with Crippen molar-refractivity contribution in [3.05, 3.63) is 71.5 Å². The molecular formula is C25H36FIN4O2. The Hall–Kier alpha value is -1.75. The smallest absolute Gasteiger partial charge is 0.191 e. The number of unbranched alkanes of at least 4 members (excludes halogenated alkanes) is 1. The molecule has 0 amide bonds. The third-order valence-electron chi connectivity index (χ3n) is 5.55. The van der Waals surface area contributed by atoms with Crippen molar-refractivity contribution in [2.75, 3.05) is 53.0 Å². The van der Waals surface area contributed by atoms with E-state index in [0.29, 0.717) is 13.2 Å². The summed E-state index contributed by atoms with van der Waals surface area (Å²) in [4.78, 5) is 6.72. The lowest BCUT2D eigenvalue weighted by Gasteiger charge is -2.35. The first kappa shape index (κ1) is 27.5. The normalized spacial score (nSPS) is 15.5. The molecule has 2 aromatic carbocycles. The third kappa shape index (κ3) is 9.95. The summed E-state index contributed by atoms with van der Waals surface area (Å²) in [7, 11) is 1.78. The van der Waals surface area contributed by atoms with Crippen molar-refractivity contribution in [3.63, 3.8) is 0 Å². The van der Waals surface area contributed by atoms with Crippen LogP contribution in [0.3, 0.4) is 0 Å². The highest BCUT2D eigenvalue weighted by molar-refractivity contribution is 14.0. The van der Waals surface area contributed by atoms with Gasteiger partial charge in [0.1, 0.15) is 5.82 Å². The lowest BCUT2D eigenvalue weighted by molar-refractivity contribution is 0.0170. The molecule has 6 nitrogen and oxygen atoms in total. The van der Waals surface area contributed by atoms with Crippen LogP contribution in [-0.2, 0) is 16.1 Å². The fraction of sp³-hybridized carbons (Fsp3) is 0.480. The van der Waals surface area contributed by atoms with E-state index < -0.39 is 0 Å². The average molecular weight is 570 g/mol. The van der Waals surface area contributed by atoms with Crippen molar-refractivity contribution in [3.8, 4) is 0 Å². The largest absolute Gasteiger partial charge is 0.379 e. The van der Waals surface area contributed by atoms with Gasteiger partial charge in [-0.05, 0) is 36.1 Å².